The van der Waals surface area contributed by atoms with Crippen LogP contribution >= 0.6 is 0 Å². The molecule has 0 saturated carbocycles. The molecule has 0 aliphatic carbocycles. The Balaban J connectivity index is 1.81. The Morgan fingerprint density at radius 3 is 2.91 bits per heavy atom. The van der Waals surface area contributed by atoms with E-state index in [0.717, 1.165) is 22.6 Å². The minimum Gasteiger partial charge on any atom is -0.460 e. The second-order valence-electron chi connectivity index (χ2n) is 5.11. The van der Waals surface area contributed by atoms with Gasteiger partial charge in [-0.05, 0) is 25.1 Å². The molecule has 1 unspecified atom stereocenters. The minimum atomic E-state index is -1.33. The third kappa shape index (κ3) is 2.88. The molecular formula is C17H18FN3O. The zero-order chi connectivity index (χ0) is 15.5. The average Bonchev–Trinajstić information content (AvgIpc) is 2.97. The molecule has 114 valence electrons. The monoisotopic (exact) mass is 299 g/mol. The van der Waals surface area contributed by atoms with Crippen molar-refractivity contribution in [1.29, 1.82) is 0 Å². The van der Waals surface area contributed by atoms with Gasteiger partial charge in [0.25, 0.3) is 0 Å². The minimum absolute atomic E-state index is 0.559. The van der Waals surface area contributed by atoms with Crippen LogP contribution in [0, 0.1) is 6.92 Å². The summed E-state index contributed by atoms with van der Waals surface area (Å²) in [5.74, 6) is 0.561. The molecule has 2 aromatic heterocycles. The molecule has 0 spiro atoms. The van der Waals surface area contributed by atoms with Crippen LogP contribution in [0.4, 0.5) is 10.1 Å². The third-order valence-corrected chi connectivity index (χ3v) is 3.55. The first kappa shape index (κ1) is 14.4. The summed E-state index contributed by atoms with van der Waals surface area (Å²) in [6, 6.07) is 11.4. The van der Waals surface area contributed by atoms with Crippen molar-refractivity contribution in [2.24, 2.45) is 0 Å². The van der Waals surface area contributed by atoms with E-state index in [1.54, 1.807) is 12.3 Å². The third-order valence-electron chi connectivity index (χ3n) is 3.55. The lowest BCUT2D eigenvalue weighted by molar-refractivity contribution is 0.0850. The van der Waals surface area contributed by atoms with Crippen LogP contribution in [0.2, 0.25) is 0 Å². The number of aromatic nitrogens is 2. The number of anilines is 1. The summed E-state index contributed by atoms with van der Waals surface area (Å²) in [5.41, 5.74) is 3.91. The van der Waals surface area contributed by atoms with E-state index in [-0.39, 0.29) is 0 Å². The molecule has 0 fully saturated rings. The number of hydrogen-bond donors (Lipinski definition) is 1. The summed E-state index contributed by atoms with van der Waals surface area (Å²) in [5, 5.41) is 3.37. The van der Waals surface area contributed by atoms with Crippen LogP contribution in [0.5, 0.6) is 5.75 Å². The van der Waals surface area contributed by atoms with Gasteiger partial charge in [0, 0.05) is 37.1 Å². The Kier molecular flexibility index (Phi) is 3.96. The molecule has 1 N–H and O–H groups in total. The molecule has 5 heteroatoms. The number of benzene rings is 1. The number of ether oxygens (including phenoxy) is 1. The van der Waals surface area contributed by atoms with Gasteiger partial charge in [0.1, 0.15) is 11.4 Å². The highest BCUT2D eigenvalue weighted by atomic mass is 19.1. The molecule has 0 bridgehead atoms. The van der Waals surface area contributed by atoms with Gasteiger partial charge in [0.05, 0.1) is 5.69 Å². The van der Waals surface area contributed by atoms with E-state index in [2.05, 4.69) is 10.3 Å². The van der Waals surface area contributed by atoms with Gasteiger partial charge in [-0.25, -0.2) is 9.37 Å². The largest absolute Gasteiger partial charge is 0.460 e. The van der Waals surface area contributed by atoms with Crippen LogP contribution in [-0.2, 0) is 6.54 Å². The summed E-state index contributed by atoms with van der Waals surface area (Å²) in [6.45, 7) is 3.97. The fourth-order valence-electron chi connectivity index (χ4n) is 2.45. The van der Waals surface area contributed by atoms with Gasteiger partial charge in [-0.2, -0.15) is 0 Å². The van der Waals surface area contributed by atoms with Gasteiger partial charge < -0.3 is 14.5 Å². The summed E-state index contributed by atoms with van der Waals surface area (Å²) in [7, 11) is 0. The van der Waals surface area contributed by atoms with E-state index in [9.17, 15) is 4.39 Å². The van der Waals surface area contributed by atoms with Crippen LogP contribution in [0.25, 0.3) is 5.65 Å². The first-order chi connectivity index (χ1) is 10.6. The Morgan fingerprint density at radius 2 is 2.09 bits per heavy atom. The molecule has 1 atom stereocenters. The maximum absolute atomic E-state index is 13.1. The number of hydrogen-bond acceptors (Lipinski definition) is 3. The second-order valence-corrected chi connectivity index (χ2v) is 5.11. The van der Waals surface area contributed by atoms with Crippen molar-refractivity contribution in [2.45, 2.75) is 26.7 Å². The van der Waals surface area contributed by atoms with Crippen molar-refractivity contribution in [3.8, 4) is 5.75 Å². The van der Waals surface area contributed by atoms with Crippen molar-refractivity contribution in [2.75, 3.05) is 5.32 Å². The summed E-state index contributed by atoms with van der Waals surface area (Å²) in [6.07, 6.45) is 2.38. The molecule has 0 aliphatic rings. The van der Waals surface area contributed by atoms with Gasteiger partial charge in [-0.1, -0.05) is 18.2 Å². The number of aryl methyl sites for hydroxylation is 1. The summed E-state index contributed by atoms with van der Waals surface area (Å²) < 4.78 is 20.3. The Bertz CT molecular complexity index is 782. The van der Waals surface area contributed by atoms with E-state index < -0.39 is 6.36 Å². The number of nitrogens with zero attached hydrogens (tertiary/aromatic N) is 2. The molecule has 22 heavy (non-hydrogen) atoms. The zero-order valence-corrected chi connectivity index (χ0v) is 12.6. The maximum Gasteiger partial charge on any atom is 0.235 e. The van der Waals surface area contributed by atoms with Crippen molar-refractivity contribution in [3.63, 3.8) is 0 Å². The van der Waals surface area contributed by atoms with Crippen molar-refractivity contribution >= 4 is 11.3 Å². The first-order valence-electron chi connectivity index (χ1n) is 7.20. The van der Waals surface area contributed by atoms with E-state index >= 15 is 0 Å². The molecule has 0 amide bonds. The fourth-order valence-corrected chi connectivity index (χ4v) is 2.45. The van der Waals surface area contributed by atoms with Crippen molar-refractivity contribution < 1.29 is 9.13 Å². The normalized spacial score (nSPS) is 12.3. The number of halogens is 1. The first-order valence-corrected chi connectivity index (χ1v) is 7.20. The predicted octanol–water partition coefficient (Wildman–Crippen LogP) is 3.95. The predicted molar refractivity (Wildman–Crippen MR) is 84.9 cm³/mol. The number of nitrogens with one attached hydrogen (secondary N) is 1. The van der Waals surface area contributed by atoms with Crippen LogP contribution < -0.4 is 10.1 Å². The highest BCUT2D eigenvalue weighted by molar-refractivity contribution is 5.55. The number of fused-ring (bicyclic) bond motifs is 1. The van der Waals surface area contributed by atoms with Crippen LogP contribution in [0.15, 0.2) is 48.8 Å². The zero-order valence-electron chi connectivity index (χ0n) is 12.6. The van der Waals surface area contributed by atoms with Crippen LogP contribution in [0.3, 0.4) is 0 Å². The van der Waals surface area contributed by atoms with Gasteiger partial charge in [0.2, 0.25) is 6.36 Å². The molecule has 1 aromatic carbocycles. The van der Waals surface area contributed by atoms with E-state index in [4.69, 9.17) is 4.74 Å². The number of alkyl halides is 1. The van der Waals surface area contributed by atoms with Crippen LogP contribution in [0.1, 0.15) is 18.2 Å². The Morgan fingerprint density at radius 1 is 1.27 bits per heavy atom. The highest BCUT2D eigenvalue weighted by Crippen LogP contribution is 2.22. The molecule has 4 nitrogen and oxygen atoms in total. The maximum atomic E-state index is 13.1. The smallest absolute Gasteiger partial charge is 0.235 e. The highest BCUT2D eigenvalue weighted by Gasteiger charge is 2.08. The lowest BCUT2D eigenvalue weighted by atomic mass is 10.2. The topological polar surface area (TPSA) is 38.6 Å². The van der Waals surface area contributed by atoms with E-state index in [1.165, 1.54) is 6.92 Å². The van der Waals surface area contributed by atoms with Gasteiger partial charge in [0.15, 0.2) is 0 Å². The fraction of sp³-hybridized carbons (Fsp3) is 0.235. The molecule has 2 heterocycles. The van der Waals surface area contributed by atoms with E-state index in [1.807, 2.05) is 47.9 Å². The Labute approximate surface area is 128 Å². The molecule has 3 rings (SSSR count). The molecule has 0 saturated heterocycles. The van der Waals surface area contributed by atoms with Gasteiger partial charge >= 0.3 is 0 Å². The second kappa shape index (κ2) is 6.05. The number of pyridine rings is 1. The SMILES string of the molecule is Cc1c(NCc2ccccc2OC(C)F)ccc2nccn12. The molecule has 0 radical (unpaired) electrons. The lowest BCUT2D eigenvalue weighted by Gasteiger charge is -2.15. The van der Waals surface area contributed by atoms with Crippen molar-refractivity contribution in [1.82, 2.24) is 9.38 Å². The standard InChI is InChI=1S/C17H18FN3O/c1-12-15(7-8-17-19-9-10-21(12)17)20-11-14-5-3-4-6-16(14)22-13(2)18/h3-10,13,20H,11H2,1-2H3. The average molecular weight is 299 g/mol. The number of para-hydroxylation sites is 1. The van der Waals surface area contributed by atoms with Crippen LogP contribution in [-0.4, -0.2) is 15.7 Å². The lowest BCUT2D eigenvalue weighted by Crippen LogP contribution is -2.09. The summed E-state index contributed by atoms with van der Waals surface area (Å²) in [4.78, 5) is 4.26. The van der Waals surface area contributed by atoms with E-state index in [0.29, 0.717) is 12.3 Å². The molecule has 3 aromatic rings. The quantitative estimate of drug-likeness (QED) is 0.775. The van der Waals surface area contributed by atoms with Gasteiger partial charge in [-0.3, -0.25) is 0 Å². The number of imidazole rings is 1. The Hall–Kier alpha value is -2.56. The summed E-state index contributed by atoms with van der Waals surface area (Å²) >= 11 is 0. The van der Waals surface area contributed by atoms with Gasteiger partial charge in [-0.15, -0.1) is 0 Å². The molecule has 0 aliphatic heterocycles. The van der Waals surface area contributed by atoms with Crippen molar-refractivity contribution in [3.05, 3.63) is 60.0 Å². The number of rotatable bonds is 5. The molecular weight excluding hydrogens is 281 g/mol.